The highest BCUT2D eigenvalue weighted by molar-refractivity contribution is 6.62. The van der Waals surface area contributed by atoms with E-state index in [1.54, 1.807) is 25.3 Å². The highest BCUT2D eigenvalue weighted by Gasteiger charge is 2.22. The smallest absolute Gasteiger partial charge is 0.316 e. The van der Waals surface area contributed by atoms with Gasteiger partial charge >= 0.3 is 5.37 Å². The van der Waals surface area contributed by atoms with Crippen molar-refractivity contribution in [1.29, 1.82) is 0 Å². The summed E-state index contributed by atoms with van der Waals surface area (Å²) in [5, 5.41) is 1.63. The molecule has 1 aliphatic rings. The number of hydrogen-bond acceptors (Lipinski definition) is 5. The summed E-state index contributed by atoms with van der Waals surface area (Å²) >= 11 is 5.54. The molecule has 0 saturated carbocycles. The van der Waals surface area contributed by atoms with Gasteiger partial charge in [0.1, 0.15) is 5.82 Å². The molecule has 0 bridgehead atoms. The first-order valence-corrected chi connectivity index (χ1v) is 7.72. The number of halogens is 1. The number of methoxy groups -OCH3 is 2. The summed E-state index contributed by atoms with van der Waals surface area (Å²) < 4.78 is 10.7. The lowest BCUT2D eigenvalue weighted by molar-refractivity contribution is 0.218. The van der Waals surface area contributed by atoms with Gasteiger partial charge in [0.15, 0.2) is 11.5 Å². The van der Waals surface area contributed by atoms with Crippen LogP contribution in [0.1, 0.15) is 0 Å². The van der Waals surface area contributed by atoms with Gasteiger partial charge in [-0.1, -0.05) is 0 Å². The predicted molar refractivity (Wildman–Crippen MR) is 89.9 cm³/mol. The molecule has 1 aliphatic heterocycles. The number of aromatic nitrogens is 1. The standard InChI is InChI=1S/C16H18ClN3O3/c1-22-13-9-11-3-4-18-15(12(11)10-14(13)23-2)19-5-7-20(8-6-19)16(17)21/h3-4,9-10H,5-8H2,1-2H3. The number of rotatable bonds is 3. The number of amides is 1. The van der Waals surface area contributed by atoms with Crippen molar-refractivity contribution >= 4 is 33.6 Å². The molecule has 0 atom stereocenters. The van der Waals surface area contributed by atoms with E-state index in [9.17, 15) is 4.79 Å². The average molecular weight is 336 g/mol. The van der Waals surface area contributed by atoms with Crippen LogP contribution < -0.4 is 14.4 Å². The predicted octanol–water partition coefficient (Wildman–Crippen LogP) is 2.73. The first-order valence-electron chi connectivity index (χ1n) is 7.34. The van der Waals surface area contributed by atoms with Crippen molar-refractivity contribution in [3.63, 3.8) is 0 Å². The van der Waals surface area contributed by atoms with Crippen molar-refractivity contribution in [2.75, 3.05) is 45.3 Å². The van der Waals surface area contributed by atoms with Gasteiger partial charge < -0.3 is 19.3 Å². The van der Waals surface area contributed by atoms with Gasteiger partial charge in [-0.05, 0) is 35.2 Å². The quantitative estimate of drug-likeness (QED) is 0.637. The minimum atomic E-state index is -0.401. The SMILES string of the molecule is COc1cc2ccnc(N3CCN(C(=O)Cl)CC3)c2cc1OC. The van der Waals surface area contributed by atoms with Crippen molar-refractivity contribution in [2.45, 2.75) is 0 Å². The molecule has 122 valence electrons. The molecule has 23 heavy (non-hydrogen) atoms. The molecule has 2 heterocycles. The van der Waals surface area contributed by atoms with Crippen molar-refractivity contribution < 1.29 is 14.3 Å². The molecule has 7 heteroatoms. The lowest BCUT2D eigenvalue weighted by Crippen LogP contribution is -2.47. The number of fused-ring (bicyclic) bond motifs is 1. The Morgan fingerprint density at radius 3 is 2.39 bits per heavy atom. The first kappa shape index (κ1) is 15.7. The fourth-order valence-electron chi connectivity index (χ4n) is 2.83. The van der Waals surface area contributed by atoms with Crippen LogP contribution in [-0.4, -0.2) is 55.6 Å². The Balaban J connectivity index is 1.97. The van der Waals surface area contributed by atoms with E-state index in [4.69, 9.17) is 21.1 Å². The van der Waals surface area contributed by atoms with Gasteiger partial charge in [-0.25, -0.2) is 4.98 Å². The number of carbonyl (C=O) groups is 1. The minimum absolute atomic E-state index is 0.401. The summed E-state index contributed by atoms with van der Waals surface area (Å²) in [6.07, 6.45) is 1.78. The maximum absolute atomic E-state index is 11.2. The Morgan fingerprint density at radius 1 is 1.13 bits per heavy atom. The molecule has 1 amide bonds. The van der Waals surface area contributed by atoms with Crippen LogP contribution in [-0.2, 0) is 0 Å². The summed E-state index contributed by atoms with van der Waals surface area (Å²) in [6.45, 7) is 2.57. The number of anilines is 1. The molecule has 0 spiro atoms. The number of ether oxygens (including phenoxy) is 2. The van der Waals surface area contributed by atoms with Crippen LogP contribution in [0.5, 0.6) is 11.5 Å². The Bertz CT molecular complexity index is 730. The van der Waals surface area contributed by atoms with E-state index in [-0.39, 0.29) is 0 Å². The van der Waals surface area contributed by atoms with Crippen LogP contribution in [0.4, 0.5) is 10.6 Å². The van der Waals surface area contributed by atoms with Crippen molar-refractivity contribution in [2.24, 2.45) is 0 Å². The lowest BCUT2D eigenvalue weighted by atomic mass is 10.1. The molecule has 2 aromatic rings. The zero-order valence-corrected chi connectivity index (χ0v) is 13.8. The number of hydrogen-bond donors (Lipinski definition) is 0. The monoisotopic (exact) mass is 335 g/mol. The molecule has 0 aliphatic carbocycles. The summed E-state index contributed by atoms with van der Waals surface area (Å²) in [7, 11) is 3.23. The second-order valence-corrected chi connectivity index (χ2v) is 5.61. The van der Waals surface area contributed by atoms with Gasteiger partial charge in [-0.2, -0.15) is 0 Å². The normalized spacial score (nSPS) is 14.9. The summed E-state index contributed by atoms with van der Waals surface area (Å²) in [5.41, 5.74) is 0. The van der Waals surface area contributed by atoms with E-state index in [0.717, 1.165) is 16.6 Å². The molecule has 1 aromatic carbocycles. The maximum atomic E-state index is 11.2. The van der Waals surface area contributed by atoms with E-state index in [1.807, 2.05) is 18.2 Å². The molecule has 0 radical (unpaired) electrons. The van der Waals surface area contributed by atoms with E-state index in [1.165, 1.54) is 0 Å². The van der Waals surface area contributed by atoms with Crippen LogP contribution in [0.15, 0.2) is 24.4 Å². The fraction of sp³-hybridized carbons (Fsp3) is 0.375. The molecule has 1 saturated heterocycles. The van der Waals surface area contributed by atoms with Crippen molar-refractivity contribution in [3.05, 3.63) is 24.4 Å². The average Bonchev–Trinajstić information content (AvgIpc) is 2.60. The minimum Gasteiger partial charge on any atom is -0.493 e. The molecule has 6 nitrogen and oxygen atoms in total. The Morgan fingerprint density at radius 2 is 1.78 bits per heavy atom. The van der Waals surface area contributed by atoms with Crippen LogP contribution in [0, 0.1) is 0 Å². The van der Waals surface area contributed by atoms with Gasteiger partial charge in [0.25, 0.3) is 0 Å². The summed E-state index contributed by atoms with van der Waals surface area (Å²) in [4.78, 5) is 19.5. The molecular weight excluding hydrogens is 318 g/mol. The van der Waals surface area contributed by atoms with Crippen LogP contribution in [0.2, 0.25) is 0 Å². The van der Waals surface area contributed by atoms with Gasteiger partial charge in [-0.3, -0.25) is 4.79 Å². The highest BCUT2D eigenvalue weighted by atomic mass is 35.5. The van der Waals surface area contributed by atoms with Crippen LogP contribution in [0.3, 0.4) is 0 Å². The second kappa shape index (κ2) is 6.50. The third-order valence-electron chi connectivity index (χ3n) is 4.08. The molecule has 1 fully saturated rings. The van der Waals surface area contributed by atoms with Gasteiger partial charge in [-0.15, -0.1) is 0 Å². The third-order valence-corrected chi connectivity index (χ3v) is 4.31. The van der Waals surface area contributed by atoms with Gasteiger partial charge in [0.2, 0.25) is 0 Å². The fourth-order valence-corrected chi connectivity index (χ4v) is 3.00. The molecule has 0 N–H and O–H groups in total. The van der Waals surface area contributed by atoms with Crippen LogP contribution >= 0.6 is 11.6 Å². The zero-order valence-electron chi connectivity index (χ0n) is 13.1. The van der Waals surface area contributed by atoms with Crippen LogP contribution in [0.25, 0.3) is 10.8 Å². The molecular formula is C16H18ClN3O3. The Kier molecular flexibility index (Phi) is 4.43. The van der Waals surface area contributed by atoms with Crippen molar-refractivity contribution in [1.82, 2.24) is 9.88 Å². The van der Waals surface area contributed by atoms with Gasteiger partial charge in [0, 0.05) is 37.8 Å². The number of nitrogens with zero attached hydrogens (tertiary/aromatic N) is 3. The molecule has 0 unspecified atom stereocenters. The van der Waals surface area contributed by atoms with E-state index >= 15 is 0 Å². The van der Waals surface area contributed by atoms with E-state index in [2.05, 4.69) is 9.88 Å². The lowest BCUT2D eigenvalue weighted by Gasteiger charge is -2.34. The molecule has 3 rings (SSSR count). The van der Waals surface area contributed by atoms with E-state index < -0.39 is 5.37 Å². The highest BCUT2D eigenvalue weighted by Crippen LogP contribution is 2.35. The second-order valence-electron chi connectivity index (χ2n) is 5.29. The Labute approximate surface area is 139 Å². The first-order chi connectivity index (χ1) is 11.1. The number of carbonyl (C=O) groups excluding carboxylic acids is 1. The zero-order chi connectivity index (χ0) is 16.4. The summed E-state index contributed by atoms with van der Waals surface area (Å²) in [5.74, 6) is 2.24. The maximum Gasteiger partial charge on any atom is 0.316 e. The summed E-state index contributed by atoms with van der Waals surface area (Å²) in [6, 6.07) is 5.83. The van der Waals surface area contributed by atoms with E-state index in [0.29, 0.717) is 37.7 Å². The Hall–Kier alpha value is -2.21. The third kappa shape index (κ3) is 2.99. The molecule has 1 aromatic heterocycles. The number of benzene rings is 1. The topological polar surface area (TPSA) is 54.9 Å². The van der Waals surface area contributed by atoms with Crippen molar-refractivity contribution in [3.8, 4) is 11.5 Å². The van der Waals surface area contributed by atoms with Gasteiger partial charge in [0.05, 0.1) is 14.2 Å². The number of pyridine rings is 1. The largest absolute Gasteiger partial charge is 0.493 e. The number of piperazine rings is 1.